The molecule has 1 atom stereocenters. The Bertz CT molecular complexity index is 1410. The third-order valence-corrected chi connectivity index (χ3v) is 6.27. The molecule has 3 aromatic carbocycles. The van der Waals surface area contributed by atoms with E-state index in [0.717, 1.165) is 34.0 Å². The first-order valence-corrected chi connectivity index (χ1v) is 12.3. The van der Waals surface area contributed by atoms with Crippen molar-refractivity contribution in [1.29, 1.82) is 0 Å². The zero-order valence-corrected chi connectivity index (χ0v) is 19.3. The lowest BCUT2D eigenvalue weighted by atomic mass is 9.70. The maximum absolute atomic E-state index is 13.3. The zero-order valence-electron chi connectivity index (χ0n) is 18.5. The second kappa shape index (κ2) is 8.44. The fraction of sp³-hybridized carbons (Fsp3) is 0.200. The summed E-state index contributed by atoms with van der Waals surface area (Å²) in [5.41, 5.74) is 2.21. The highest BCUT2D eigenvalue weighted by atomic mass is 32.2. The van der Waals surface area contributed by atoms with Crippen LogP contribution in [0.5, 0.6) is 0 Å². The monoisotopic (exact) mass is 465 g/mol. The highest BCUT2D eigenvalue weighted by Crippen LogP contribution is 2.42. The summed E-state index contributed by atoms with van der Waals surface area (Å²) >= 11 is 0. The van der Waals surface area contributed by atoms with Crippen LogP contribution in [0, 0.1) is 11.2 Å². The molecule has 0 saturated heterocycles. The molecule has 8 heteroatoms. The summed E-state index contributed by atoms with van der Waals surface area (Å²) in [5.74, 6) is -1.32. The largest absolute Gasteiger partial charge is 0.273 e. The average Bonchev–Trinajstić information content (AvgIpc) is 3.17. The van der Waals surface area contributed by atoms with Crippen LogP contribution < -0.4 is 4.72 Å². The van der Waals surface area contributed by atoms with Gasteiger partial charge in [-0.05, 0) is 47.5 Å². The maximum atomic E-state index is 13.3. The lowest BCUT2D eigenvalue weighted by Crippen LogP contribution is -2.43. The number of hydrogen-bond donors (Lipinski definition) is 1. The average molecular weight is 466 g/mol. The Hall–Kier alpha value is -3.52. The molecule has 0 aliphatic heterocycles. The molecule has 4 aromatic rings. The molecule has 170 valence electrons. The SMILES string of the molecule is CC(C)(C(=O)NS(C)(=O)=O)C(c1ccccc1)c1ccc2c(cnn2-c2ccc(F)cc2)c1. The molecule has 0 aliphatic rings. The highest BCUT2D eigenvalue weighted by Gasteiger charge is 2.40. The van der Waals surface area contributed by atoms with Crippen LogP contribution >= 0.6 is 0 Å². The van der Waals surface area contributed by atoms with Gasteiger partial charge in [0, 0.05) is 11.3 Å². The van der Waals surface area contributed by atoms with Gasteiger partial charge in [-0.25, -0.2) is 17.5 Å². The van der Waals surface area contributed by atoms with Crippen LogP contribution in [-0.4, -0.2) is 30.4 Å². The number of aromatic nitrogens is 2. The van der Waals surface area contributed by atoms with Crippen molar-refractivity contribution in [3.8, 4) is 5.69 Å². The Balaban J connectivity index is 1.81. The molecule has 4 rings (SSSR count). The van der Waals surface area contributed by atoms with Crippen LogP contribution in [0.1, 0.15) is 30.9 Å². The highest BCUT2D eigenvalue weighted by molar-refractivity contribution is 7.89. The smallest absolute Gasteiger partial charge is 0.240 e. The van der Waals surface area contributed by atoms with Crippen molar-refractivity contribution in [2.45, 2.75) is 19.8 Å². The summed E-state index contributed by atoms with van der Waals surface area (Å²) in [4.78, 5) is 13.0. The van der Waals surface area contributed by atoms with Crippen molar-refractivity contribution in [1.82, 2.24) is 14.5 Å². The summed E-state index contributed by atoms with van der Waals surface area (Å²) < 4.78 is 40.7. The van der Waals surface area contributed by atoms with E-state index in [1.165, 1.54) is 12.1 Å². The normalized spacial score (nSPS) is 13.1. The lowest BCUT2D eigenvalue weighted by molar-refractivity contribution is -0.128. The van der Waals surface area contributed by atoms with Crippen molar-refractivity contribution < 1.29 is 17.6 Å². The molecule has 0 bridgehead atoms. The molecule has 33 heavy (non-hydrogen) atoms. The first-order chi connectivity index (χ1) is 15.6. The molecular formula is C25H24FN3O3S. The summed E-state index contributed by atoms with van der Waals surface area (Å²) in [6.07, 6.45) is 2.68. The maximum Gasteiger partial charge on any atom is 0.240 e. The van der Waals surface area contributed by atoms with Crippen molar-refractivity contribution >= 4 is 26.8 Å². The number of nitrogens with one attached hydrogen (secondary N) is 1. The molecule has 1 N–H and O–H groups in total. The number of carbonyl (C=O) groups excluding carboxylic acids is 1. The van der Waals surface area contributed by atoms with Gasteiger partial charge in [0.1, 0.15) is 5.82 Å². The van der Waals surface area contributed by atoms with Crippen LogP contribution in [-0.2, 0) is 14.8 Å². The van der Waals surface area contributed by atoms with Crippen molar-refractivity contribution in [3.63, 3.8) is 0 Å². The van der Waals surface area contributed by atoms with E-state index in [1.807, 2.05) is 48.5 Å². The number of amides is 1. The molecule has 0 aliphatic carbocycles. The molecular weight excluding hydrogens is 441 g/mol. The first kappa shape index (κ1) is 22.7. The molecule has 0 saturated carbocycles. The number of fused-ring (bicyclic) bond motifs is 1. The third-order valence-electron chi connectivity index (χ3n) is 5.71. The van der Waals surface area contributed by atoms with E-state index in [9.17, 15) is 17.6 Å². The van der Waals surface area contributed by atoms with E-state index in [-0.39, 0.29) is 5.82 Å². The van der Waals surface area contributed by atoms with E-state index in [1.54, 1.807) is 36.9 Å². The van der Waals surface area contributed by atoms with Crippen LogP contribution in [0.3, 0.4) is 0 Å². The minimum Gasteiger partial charge on any atom is -0.273 e. The fourth-order valence-electron chi connectivity index (χ4n) is 4.12. The predicted octanol–water partition coefficient (Wildman–Crippen LogP) is 4.40. The van der Waals surface area contributed by atoms with Crippen molar-refractivity contribution in [3.05, 3.63) is 95.9 Å². The predicted molar refractivity (Wildman–Crippen MR) is 126 cm³/mol. The standard InChI is InChI=1S/C25H24FN3O3S/c1-25(2,24(30)28-33(3,31)32)23(17-7-5-4-6-8-17)18-9-14-22-19(15-18)16-27-29(22)21-12-10-20(26)11-13-21/h4-16,23H,1-3H3,(H,28,30). The molecule has 1 aromatic heterocycles. The van der Waals surface area contributed by atoms with Gasteiger partial charge in [0.2, 0.25) is 15.9 Å². The Morgan fingerprint density at radius 3 is 2.30 bits per heavy atom. The summed E-state index contributed by atoms with van der Waals surface area (Å²) in [6, 6.07) is 21.3. The van der Waals surface area contributed by atoms with Crippen LogP contribution in [0.25, 0.3) is 16.6 Å². The number of hydrogen-bond acceptors (Lipinski definition) is 4. The second-order valence-electron chi connectivity index (χ2n) is 8.62. The van der Waals surface area contributed by atoms with Crippen LogP contribution in [0.2, 0.25) is 0 Å². The number of benzene rings is 3. The van der Waals surface area contributed by atoms with Crippen molar-refractivity contribution in [2.24, 2.45) is 5.41 Å². The third kappa shape index (κ3) is 4.66. The van der Waals surface area contributed by atoms with Gasteiger partial charge in [0.25, 0.3) is 0 Å². The number of halogens is 1. The first-order valence-electron chi connectivity index (χ1n) is 10.4. The molecule has 1 unspecified atom stereocenters. The van der Waals surface area contributed by atoms with E-state index < -0.39 is 27.3 Å². The molecule has 0 fully saturated rings. The summed E-state index contributed by atoms with van der Waals surface area (Å²) in [5, 5.41) is 5.29. The van der Waals surface area contributed by atoms with Gasteiger partial charge in [0.15, 0.2) is 0 Å². The molecule has 1 amide bonds. The van der Waals surface area contributed by atoms with E-state index >= 15 is 0 Å². The van der Waals surface area contributed by atoms with Gasteiger partial charge in [-0.1, -0.05) is 50.2 Å². The van der Waals surface area contributed by atoms with E-state index in [2.05, 4.69) is 9.82 Å². The lowest BCUT2D eigenvalue weighted by Gasteiger charge is -2.33. The quantitative estimate of drug-likeness (QED) is 0.458. The van der Waals surface area contributed by atoms with Crippen molar-refractivity contribution in [2.75, 3.05) is 6.26 Å². The summed E-state index contributed by atoms with van der Waals surface area (Å²) in [6.45, 7) is 3.47. The molecule has 6 nitrogen and oxygen atoms in total. The van der Waals surface area contributed by atoms with Crippen LogP contribution in [0.4, 0.5) is 4.39 Å². The topological polar surface area (TPSA) is 81.1 Å². The Morgan fingerprint density at radius 2 is 1.67 bits per heavy atom. The summed E-state index contributed by atoms with van der Waals surface area (Å²) in [7, 11) is -3.71. The minimum atomic E-state index is -3.71. The van der Waals surface area contributed by atoms with Gasteiger partial charge in [0.05, 0.1) is 29.1 Å². The van der Waals surface area contributed by atoms with E-state index in [0.29, 0.717) is 0 Å². The Morgan fingerprint density at radius 1 is 1.00 bits per heavy atom. The fourth-order valence-corrected chi connectivity index (χ4v) is 4.72. The Labute approximate surface area is 192 Å². The van der Waals surface area contributed by atoms with Gasteiger partial charge in [-0.2, -0.15) is 5.10 Å². The number of rotatable bonds is 6. The van der Waals surface area contributed by atoms with Crippen LogP contribution in [0.15, 0.2) is 79.0 Å². The number of carbonyl (C=O) groups is 1. The number of sulfonamides is 1. The van der Waals surface area contributed by atoms with Gasteiger partial charge in [-0.15, -0.1) is 0 Å². The minimum absolute atomic E-state index is 0.321. The number of nitrogens with zero attached hydrogens (tertiary/aromatic N) is 2. The molecule has 0 radical (unpaired) electrons. The van der Waals surface area contributed by atoms with E-state index in [4.69, 9.17) is 0 Å². The Kier molecular flexibility index (Phi) is 5.80. The molecule has 1 heterocycles. The zero-order chi connectivity index (χ0) is 23.8. The van der Waals surface area contributed by atoms with Gasteiger partial charge < -0.3 is 0 Å². The van der Waals surface area contributed by atoms with Gasteiger partial charge >= 0.3 is 0 Å². The second-order valence-corrected chi connectivity index (χ2v) is 10.4. The van der Waals surface area contributed by atoms with Gasteiger partial charge in [-0.3, -0.25) is 9.52 Å². The molecule has 0 spiro atoms.